The van der Waals surface area contributed by atoms with E-state index in [0.717, 1.165) is 31.8 Å². The molecule has 0 radical (unpaired) electrons. The van der Waals surface area contributed by atoms with Gasteiger partial charge in [0.15, 0.2) is 0 Å². The van der Waals surface area contributed by atoms with Crippen molar-refractivity contribution in [3.63, 3.8) is 0 Å². The first-order chi connectivity index (χ1) is 5.18. The van der Waals surface area contributed by atoms with Gasteiger partial charge in [0.1, 0.15) is 0 Å². The molecule has 0 aromatic carbocycles. The second kappa shape index (κ2) is 4.00. The van der Waals surface area contributed by atoms with Crippen molar-refractivity contribution in [2.45, 2.75) is 26.2 Å². The van der Waals surface area contributed by atoms with Crippen molar-refractivity contribution in [2.24, 2.45) is 5.92 Å². The minimum Gasteiger partial charge on any atom is -0.298 e. The normalized spacial score (nSPS) is 22.9. The summed E-state index contributed by atoms with van der Waals surface area (Å²) in [5.41, 5.74) is 0. The Morgan fingerprint density at radius 2 is 1.91 bits per heavy atom. The summed E-state index contributed by atoms with van der Waals surface area (Å²) in [7, 11) is 0. The van der Waals surface area contributed by atoms with E-state index >= 15 is 0 Å². The molecule has 0 bridgehead atoms. The molecule has 66 valence electrons. The molecule has 0 spiro atoms. The van der Waals surface area contributed by atoms with Crippen LogP contribution in [0.3, 0.4) is 0 Å². The molecule has 1 rings (SSSR count). The first kappa shape index (κ1) is 8.91. The number of halogens is 2. The lowest BCUT2D eigenvalue weighted by Gasteiger charge is -2.29. The van der Waals surface area contributed by atoms with Crippen LogP contribution in [0.15, 0.2) is 0 Å². The SMILES string of the molecule is CC1CCN(CC(F)F)CC1. The van der Waals surface area contributed by atoms with Crippen LogP contribution in [0.25, 0.3) is 0 Å². The van der Waals surface area contributed by atoms with E-state index in [0.29, 0.717) is 0 Å². The Kier molecular flexibility index (Phi) is 3.24. The van der Waals surface area contributed by atoms with Crippen molar-refractivity contribution in [1.29, 1.82) is 0 Å². The van der Waals surface area contributed by atoms with Gasteiger partial charge in [0.25, 0.3) is 6.43 Å². The summed E-state index contributed by atoms with van der Waals surface area (Å²) in [6.07, 6.45) is -0.0113. The van der Waals surface area contributed by atoms with Crippen LogP contribution in [0.1, 0.15) is 19.8 Å². The molecule has 1 saturated heterocycles. The van der Waals surface area contributed by atoms with E-state index in [1.807, 2.05) is 4.90 Å². The summed E-state index contributed by atoms with van der Waals surface area (Å²) >= 11 is 0. The first-order valence-corrected chi connectivity index (χ1v) is 4.19. The molecule has 0 amide bonds. The van der Waals surface area contributed by atoms with Crippen LogP contribution < -0.4 is 0 Å². The fourth-order valence-corrected chi connectivity index (χ4v) is 1.44. The molecule has 1 fully saturated rings. The van der Waals surface area contributed by atoms with Gasteiger partial charge in [-0.15, -0.1) is 0 Å². The topological polar surface area (TPSA) is 3.24 Å². The highest BCUT2D eigenvalue weighted by Crippen LogP contribution is 2.16. The molecule has 0 atom stereocenters. The number of hydrogen-bond acceptors (Lipinski definition) is 1. The molecular weight excluding hydrogens is 148 g/mol. The Labute approximate surface area is 66.4 Å². The molecule has 0 saturated carbocycles. The number of likely N-dealkylation sites (tertiary alicyclic amines) is 1. The fourth-order valence-electron chi connectivity index (χ4n) is 1.44. The highest BCUT2D eigenvalue weighted by molar-refractivity contribution is 4.69. The van der Waals surface area contributed by atoms with Gasteiger partial charge in [-0.3, -0.25) is 4.90 Å². The van der Waals surface area contributed by atoms with E-state index in [1.54, 1.807) is 0 Å². The number of hydrogen-bond donors (Lipinski definition) is 0. The van der Waals surface area contributed by atoms with E-state index in [9.17, 15) is 8.78 Å². The Balaban J connectivity index is 2.17. The van der Waals surface area contributed by atoms with Crippen LogP contribution in [-0.2, 0) is 0 Å². The van der Waals surface area contributed by atoms with Crippen LogP contribution in [0.5, 0.6) is 0 Å². The molecule has 0 aromatic heterocycles. The largest absolute Gasteiger partial charge is 0.298 e. The van der Waals surface area contributed by atoms with Gasteiger partial charge < -0.3 is 0 Å². The first-order valence-electron chi connectivity index (χ1n) is 4.19. The van der Waals surface area contributed by atoms with Gasteiger partial charge in [0, 0.05) is 0 Å². The smallest absolute Gasteiger partial charge is 0.251 e. The molecular formula is C8H15F2N. The lowest BCUT2D eigenvalue weighted by Crippen LogP contribution is -2.36. The summed E-state index contributed by atoms with van der Waals surface area (Å²) in [5, 5.41) is 0. The third kappa shape index (κ3) is 3.14. The minimum absolute atomic E-state index is 0.0350. The molecule has 1 aliphatic heterocycles. The van der Waals surface area contributed by atoms with Gasteiger partial charge in [-0.2, -0.15) is 0 Å². The Morgan fingerprint density at radius 1 is 1.36 bits per heavy atom. The second-order valence-corrected chi connectivity index (χ2v) is 3.37. The van der Waals surface area contributed by atoms with Crippen LogP contribution in [0.2, 0.25) is 0 Å². The predicted molar refractivity (Wildman–Crippen MR) is 40.8 cm³/mol. The van der Waals surface area contributed by atoms with Crippen LogP contribution >= 0.6 is 0 Å². The molecule has 1 nitrogen and oxygen atoms in total. The number of piperidine rings is 1. The Morgan fingerprint density at radius 3 is 2.36 bits per heavy atom. The summed E-state index contributed by atoms with van der Waals surface area (Å²) in [5.74, 6) is 0.726. The lowest BCUT2D eigenvalue weighted by molar-refractivity contribution is 0.0709. The maximum Gasteiger partial charge on any atom is 0.251 e. The van der Waals surface area contributed by atoms with Crippen LogP contribution in [0, 0.1) is 5.92 Å². The van der Waals surface area contributed by atoms with Gasteiger partial charge in [0.2, 0.25) is 0 Å². The fraction of sp³-hybridized carbons (Fsp3) is 1.00. The van der Waals surface area contributed by atoms with Crippen molar-refractivity contribution < 1.29 is 8.78 Å². The molecule has 0 N–H and O–H groups in total. The van der Waals surface area contributed by atoms with Crippen molar-refractivity contribution in [3.05, 3.63) is 0 Å². The van der Waals surface area contributed by atoms with Gasteiger partial charge in [0.05, 0.1) is 6.54 Å². The van der Waals surface area contributed by atoms with E-state index in [2.05, 4.69) is 6.92 Å². The zero-order valence-electron chi connectivity index (χ0n) is 6.89. The Bertz CT molecular complexity index is 109. The van der Waals surface area contributed by atoms with Crippen molar-refractivity contribution in [1.82, 2.24) is 4.90 Å². The molecule has 1 heterocycles. The summed E-state index contributed by atoms with van der Waals surface area (Å²) in [6, 6.07) is 0. The third-order valence-corrected chi connectivity index (χ3v) is 2.27. The third-order valence-electron chi connectivity index (χ3n) is 2.27. The molecule has 0 aliphatic carbocycles. The zero-order chi connectivity index (χ0) is 8.27. The number of rotatable bonds is 2. The van der Waals surface area contributed by atoms with Crippen molar-refractivity contribution >= 4 is 0 Å². The molecule has 3 heteroatoms. The monoisotopic (exact) mass is 163 g/mol. The lowest BCUT2D eigenvalue weighted by atomic mass is 9.99. The maximum atomic E-state index is 11.9. The summed E-state index contributed by atoms with van der Waals surface area (Å²) in [4.78, 5) is 1.85. The highest BCUT2D eigenvalue weighted by atomic mass is 19.3. The highest BCUT2D eigenvalue weighted by Gasteiger charge is 2.18. The molecule has 11 heavy (non-hydrogen) atoms. The van der Waals surface area contributed by atoms with Crippen LogP contribution in [-0.4, -0.2) is 31.0 Å². The standard InChI is InChI=1S/C8H15F2N/c1-7-2-4-11(5-3-7)6-8(9)10/h7-8H,2-6H2,1H3. The van der Waals surface area contributed by atoms with E-state index < -0.39 is 6.43 Å². The van der Waals surface area contributed by atoms with Crippen LogP contribution in [0.4, 0.5) is 8.78 Å². The molecule has 0 unspecified atom stereocenters. The van der Waals surface area contributed by atoms with Crippen molar-refractivity contribution in [3.8, 4) is 0 Å². The van der Waals surface area contributed by atoms with Gasteiger partial charge in [-0.25, -0.2) is 8.78 Å². The average molecular weight is 163 g/mol. The van der Waals surface area contributed by atoms with E-state index in [1.165, 1.54) is 0 Å². The number of nitrogens with zero attached hydrogens (tertiary/aromatic N) is 1. The average Bonchev–Trinajstić information content (AvgIpc) is 1.93. The quantitative estimate of drug-likeness (QED) is 0.601. The summed E-state index contributed by atoms with van der Waals surface area (Å²) in [6.45, 7) is 3.85. The van der Waals surface area contributed by atoms with E-state index in [4.69, 9.17) is 0 Å². The minimum atomic E-state index is -2.16. The zero-order valence-corrected chi connectivity index (χ0v) is 6.89. The summed E-state index contributed by atoms with van der Waals surface area (Å²) < 4.78 is 23.7. The molecule has 1 aliphatic rings. The second-order valence-electron chi connectivity index (χ2n) is 3.37. The number of alkyl halides is 2. The van der Waals surface area contributed by atoms with Crippen molar-refractivity contribution in [2.75, 3.05) is 19.6 Å². The molecule has 0 aromatic rings. The predicted octanol–water partition coefficient (Wildman–Crippen LogP) is 1.98. The van der Waals surface area contributed by atoms with Gasteiger partial charge in [-0.1, -0.05) is 6.92 Å². The van der Waals surface area contributed by atoms with Gasteiger partial charge >= 0.3 is 0 Å². The van der Waals surface area contributed by atoms with E-state index in [-0.39, 0.29) is 6.54 Å². The van der Waals surface area contributed by atoms with Gasteiger partial charge in [-0.05, 0) is 31.8 Å². The maximum absolute atomic E-state index is 11.9. The Hall–Kier alpha value is -0.180.